The molecule has 0 spiro atoms. The van der Waals surface area contributed by atoms with Crippen LogP contribution in [0, 0.1) is 12.3 Å². The lowest BCUT2D eigenvalue weighted by atomic mass is 10.1. The van der Waals surface area contributed by atoms with E-state index in [1.165, 1.54) is 12.1 Å². The number of halogens is 1. The average Bonchev–Trinajstić information content (AvgIpc) is 2.27. The van der Waals surface area contributed by atoms with E-state index in [1.807, 2.05) is 0 Å². The summed E-state index contributed by atoms with van der Waals surface area (Å²) in [6.45, 7) is 0. The number of carboxylic acid groups (broad SMARTS) is 1. The van der Waals surface area contributed by atoms with Gasteiger partial charge in [0.15, 0.2) is 0 Å². The molecule has 94 valence electrons. The molecule has 1 atom stereocenters. The summed E-state index contributed by atoms with van der Waals surface area (Å²) in [7, 11) is 0. The summed E-state index contributed by atoms with van der Waals surface area (Å²) in [4.78, 5) is 22.6. The van der Waals surface area contributed by atoms with Crippen molar-refractivity contribution in [2.75, 3.05) is 0 Å². The van der Waals surface area contributed by atoms with E-state index in [9.17, 15) is 14.7 Å². The number of terminal acetylenes is 1. The molecule has 1 aromatic carbocycles. The molecular formula is C12H10BrNO4. The van der Waals surface area contributed by atoms with Gasteiger partial charge in [-0.05, 0) is 18.2 Å². The lowest BCUT2D eigenvalue weighted by Gasteiger charge is -2.12. The molecule has 1 aromatic rings. The van der Waals surface area contributed by atoms with Gasteiger partial charge in [-0.15, -0.1) is 12.3 Å². The molecule has 0 saturated heterocycles. The van der Waals surface area contributed by atoms with Crippen LogP contribution in [0.15, 0.2) is 22.7 Å². The second-order valence-electron chi connectivity index (χ2n) is 3.43. The van der Waals surface area contributed by atoms with Gasteiger partial charge in [0.05, 0.1) is 5.56 Å². The van der Waals surface area contributed by atoms with Gasteiger partial charge < -0.3 is 15.5 Å². The predicted molar refractivity (Wildman–Crippen MR) is 68.1 cm³/mol. The number of phenolic OH excluding ortho intramolecular Hbond substituents is 1. The van der Waals surface area contributed by atoms with Crippen molar-refractivity contribution in [3.05, 3.63) is 28.2 Å². The minimum atomic E-state index is -1.22. The van der Waals surface area contributed by atoms with Gasteiger partial charge in [0.25, 0.3) is 5.91 Å². The summed E-state index contributed by atoms with van der Waals surface area (Å²) in [5, 5.41) is 20.6. The molecule has 0 fully saturated rings. The van der Waals surface area contributed by atoms with E-state index in [1.54, 1.807) is 6.07 Å². The third kappa shape index (κ3) is 3.50. The smallest absolute Gasteiger partial charge is 0.327 e. The molecule has 18 heavy (non-hydrogen) atoms. The Balaban J connectivity index is 2.87. The number of amides is 1. The van der Waals surface area contributed by atoms with Crippen molar-refractivity contribution in [1.29, 1.82) is 0 Å². The number of carbonyl (C=O) groups excluding carboxylic acids is 1. The van der Waals surface area contributed by atoms with E-state index in [0.717, 1.165) is 0 Å². The minimum absolute atomic E-state index is 0.0125. The van der Waals surface area contributed by atoms with Crippen molar-refractivity contribution >= 4 is 27.8 Å². The molecule has 1 unspecified atom stereocenters. The van der Waals surface area contributed by atoms with Gasteiger partial charge in [0.2, 0.25) is 0 Å². The quantitative estimate of drug-likeness (QED) is 0.733. The number of aliphatic carboxylic acids is 1. The SMILES string of the molecule is C#CCC(NC(=O)c1ccc(Br)cc1O)C(=O)O. The first-order valence-corrected chi connectivity index (χ1v) is 5.70. The number of carboxylic acids is 1. The van der Waals surface area contributed by atoms with Crippen molar-refractivity contribution in [2.24, 2.45) is 0 Å². The lowest BCUT2D eigenvalue weighted by molar-refractivity contribution is -0.139. The Bertz CT molecular complexity index is 521. The third-order valence-electron chi connectivity index (χ3n) is 2.13. The van der Waals surface area contributed by atoms with E-state index >= 15 is 0 Å². The molecule has 1 rings (SSSR count). The number of hydrogen-bond donors (Lipinski definition) is 3. The molecule has 0 aliphatic carbocycles. The highest BCUT2D eigenvalue weighted by molar-refractivity contribution is 9.10. The van der Waals surface area contributed by atoms with Crippen LogP contribution in [0.25, 0.3) is 0 Å². The van der Waals surface area contributed by atoms with E-state index in [-0.39, 0.29) is 17.7 Å². The second-order valence-corrected chi connectivity index (χ2v) is 4.35. The van der Waals surface area contributed by atoms with Crippen molar-refractivity contribution < 1.29 is 19.8 Å². The summed E-state index contributed by atoms with van der Waals surface area (Å²) >= 11 is 3.13. The molecule has 0 bridgehead atoms. The Morgan fingerprint density at radius 2 is 2.17 bits per heavy atom. The van der Waals surface area contributed by atoms with Gasteiger partial charge in [-0.3, -0.25) is 4.79 Å². The number of rotatable bonds is 4. The van der Waals surface area contributed by atoms with Crippen LogP contribution in [-0.2, 0) is 4.79 Å². The maximum Gasteiger partial charge on any atom is 0.327 e. The largest absolute Gasteiger partial charge is 0.507 e. The zero-order valence-corrected chi connectivity index (χ0v) is 10.8. The summed E-state index contributed by atoms with van der Waals surface area (Å²) in [5.41, 5.74) is -0.0125. The van der Waals surface area contributed by atoms with Crippen LogP contribution in [0.2, 0.25) is 0 Å². The minimum Gasteiger partial charge on any atom is -0.507 e. The van der Waals surface area contributed by atoms with E-state index < -0.39 is 17.9 Å². The number of hydrogen-bond acceptors (Lipinski definition) is 3. The Kier molecular flexibility index (Phi) is 4.75. The van der Waals surface area contributed by atoms with E-state index in [2.05, 4.69) is 27.2 Å². The maximum atomic E-state index is 11.7. The summed E-state index contributed by atoms with van der Waals surface area (Å²) in [5.74, 6) is 0.00420. The van der Waals surface area contributed by atoms with Crippen molar-refractivity contribution in [1.82, 2.24) is 5.32 Å². The Morgan fingerprint density at radius 3 is 2.67 bits per heavy atom. The van der Waals surface area contributed by atoms with Crippen LogP contribution in [-0.4, -0.2) is 28.1 Å². The highest BCUT2D eigenvalue weighted by Gasteiger charge is 2.21. The first kappa shape index (κ1) is 14.1. The van der Waals surface area contributed by atoms with Crippen LogP contribution in [0.1, 0.15) is 16.8 Å². The fourth-order valence-corrected chi connectivity index (χ4v) is 1.60. The number of aromatic hydroxyl groups is 1. The molecule has 0 aliphatic heterocycles. The summed E-state index contributed by atoms with van der Waals surface area (Å²) < 4.78 is 0.606. The predicted octanol–water partition coefficient (Wildman–Crippen LogP) is 1.36. The van der Waals surface area contributed by atoms with Crippen LogP contribution >= 0.6 is 15.9 Å². The highest BCUT2D eigenvalue weighted by atomic mass is 79.9. The summed E-state index contributed by atoms with van der Waals surface area (Å²) in [6.07, 6.45) is 4.88. The number of benzene rings is 1. The normalized spacial score (nSPS) is 11.3. The third-order valence-corrected chi connectivity index (χ3v) is 2.62. The van der Waals surface area contributed by atoms with Crippen LogP contribution in [0.5, 0.6) is 5.75 Å². The van der Waals surface area contributed by atoms with Crippen LogP contribution in [0.4, 0.5) is 0 Å². The van der Waals surface area contributed by atoms with Gasteiger partial charge in [-0.2, -0.15) is 0 Å². The molecular weight excluding hydrogens is 302 g/mol. The molecule has 3 N–H and O–H groups in total. The molecule has 0 radical (unpaired) electrons. The van der Waals surface area contributed by atoms with Gasteiger partial charge in [0, 0.05) is 10.9 Å². The van der Waals surface area contributed by atoms with Gasteiger partial charge in [-0.1, -0.05) is 15.9 Å². The number of carbonyl (C=O) groups is 2. The molecule has 0 aliphatic rings. The van der Waals surface area contributed by atoms with Crippen molar-refractivity contribution in [3.8, 4) is 18.1 Å². The van der Waals surface area contributed by atoms with E-state index in [0.29, 0.717) is 4.47 Å². The Morgan fingerprint density at radius 1 is 1.50 bits per heavy atom. The van der Waals surface area contributed by atoms with Crippen molar-refractivity contribution in [3.63, 3.8) is 0 Å². The summed E-state index contributed by atoms with van der Waals surface area (Å²) in [6, 6.07) is 3.10. The van der Waals surface area contributed by atoms with Gasteiger partial charge >= 0.3 is 5.97 Å². The Hall–Kier alpha value is -2.00. The average molecular weight is 312 g/mol. The highest BCUT2D eigenvalue weighted by Crippen LogP contribution is 2.22. The maximum absolute atomic E-state index is 11.7. The monoisotopic (exact) mass is 311 g/mol. The zero-order chi connectivity index (χ0) is 13.7. The van der Waals surface area contributed by atoms with Gasteiger partial charge in [-0.25, -0.2) is 4.79 Å². The number of phenols is 1. The topological polar surface area (TPSA) is 86.6 Å². The zero-order valence-electron chi connectivity index (χ0n) is 9.18. The lowest BCUT2D eigenvalue weighted by Crippen LogP contribution is -2.40. The van der Waals surface area contributed by atoms with Crippen LogP contribution in [0.3, 0.4) is 0 Å². The second kappa shape index (κ2) is 6.07. The van der Waals surface area contributed by atoms with Crippen LogP contribution < -0.4 is 5.32 Å². The first-order valence-electron chi connectivity index (χ1n) is 4.91. The number of nitrogens with one attached hydrogen (secondary N) is 1. The van der Waals surface area contributed by atoms with Gasteiger partial charge in [0.1, 0.15) is 11.8 Å². The molecule has 0 saturated carbocycles. The first-order chi connectivity index (χ1) is 8.45. The fourth-order valence-electron chi connectivity index (χ4n) is 1.25. The Labute approximate surface area is 112 Å². The molecule has 5 nitrogen and oxygen atoms in total. The molecule has 6 heteroatoms. The standard InChI is InChI=1S/C12H10BrNO4/c1-2-3-9(12(17)18)14-11(16)8-5-4-7(13)6-10(8)15/h1,4-6,9,15H,3H2,(H,14,16)(H,17,18). The molecule has 0 heterocycles. The van der Waals surface area contributed by atoms with E-state index in [4.69, 9.17) is 11.5 Å². The van der Waals surface area contributed by atoms with Crippen molar-refractivity contribution in [2.45, 2.75) is 12.5 Å². The fraction of sp³-hybridized carbons (Fsp3) is 0.167. The molecule has 0 aromatic heterocycles. The molecule has 1 amide bonds.